The van der Waals surface area contributed by atoms with Crippen LogP contribution >= 0.6 is 24.0 Å². The Morgan fingerprint density at radius 1 is 1.41 bits per heavy atom. The summed E-state index contributed by atoms with van der Waals surface area (Å²) in [5.74, 6) is 1.15. The van der Waals surface area contributed by atoms with Gasteiger partial charge in [-0.2, -0.15) is 0 Å². The molecule has 1 aliphatic carbocycles. The standard InChI is InChI=1S/C13H25N3.HI/c1-4-13(3)8-9-16(10-13)12(14-5-2)15-11-6-7-11;/h11H,4-10H2,1-3H3,(H,14,15);1H. The van der Waals surface area contributed by atoms with Crippen LogP contribution in [-0.2, 0) is 0 Å². The van der Waals surface area contributed by atoms with Crippen molar-refractivity contribution in [1.29, 1.82) is 0 Å². The molecule has 1 aliphatic heterocycles. The average Bonchev–Trinajstić information content (AvgIpc) is 3.00. The summed E-state index contributed by atoms with van der Waals surface area (Å²) in [4.78, 5) is 7.07. The number of hydrogen-bond donors (Lipinski definition) is 1. The van der Waals surface area contributed by atoms with Crippen molar-refractivity contribution in [1.82, 2.24) is 10.2 Å². The molecule has 0 spiro atoms. The van der Waals surface area contributed by atoms with Crippen molar-refractivity contribution < 1.29 is 0 Å². The van der Waals surface area contributed by atoms with Crippen LogP contribution < -0.4 is 5.32 Å². The summed E-state index contributed by atoms with van der Waals surface area (Å²) in [5.41, 5.74) is 0.500. The van der Waals surface area contributed by atoms with E-state index in [9.17, 15) is 0 Å². The molecule has 4 heteroatoms. The SMILES string of the molecule is CCN=C(NC1CC1)N1CCC(C)(CC)C1.I. The van der Waals surface area contributed by atoms with E-state index in [0.717, 1.165) is 12.5 Å². The number of nitrogens with one attached hydrogen (secondary N) is 1. The second-order valence-corrected chi connectivity index (χ2v) is 5.55. The van der Waals surface area contributed by atoms with Crippen LogP contribution in [0.2, 0.25) is 0 Å². The Balaban J connectivity index is 0.00000144. The minimum atomic E-state index is 0. The number of guanidine groups is 1. The van der Waals surface area contributed by atoms with Gasteiger partial charge in [-0.25, -0.2) is 0 Å². The lowest BCUT2D eigenvalue weighted by Crippen LogP contribution is -2.42. The van der Waals surface area contributed by atoms with Crippen LogP contribution in [0.1, 0.15) is 46.5 Å². The third-order valence-electron chi connectivity index (χ3n) is 3.93. The maximum absolute atomic E-state index is 4.62. The molecular formula is C13H26IN3. The third kappa shape index (κ3) is 4.00. The van der Waals surface area contributed by atoms with Gasteiger partial charge in [0.25, 0.3) is 0 Å². The predicted molar refractivity (Wildman–Crippen MR) is 84.1 cm³/mol. The van der Waals surface area contributed by atoms with Crippen LogP contribution in [-0.4, -0.2) is 36.5 Å². The van der Waals surface area contributed by atoms with E-state index in [0.29, 0.717) is 11.5 Å². The first-order valence-electron chi connectivity index (χ1n) is 6.73. The van der Waals surface area contributed by atoms with Gasteiger partial charge in [0.2, 0.25) is 0 Å². The summed E-state index contributed by atoms with van der Waals surface area (Å²) in [6.45, 7) is 10.0. The van der Waals surface area contributed by atoms with E-state index < -0.39 is 0 Å². The summed E-state index contributed by atoms with van der Waals surface area (Å²) in [5, 5.41) is 3.57. The molecular weight excluding hydrogens is 325 g/mol. The molecule has 2 rings (SSSR count). The Labute approximate surface area is 122 Å². The van der Waals surface area contributed by atoms with Gasteiger partial charge in [0.15, 0.2) is 5.96 Å². The molecule has 100 valence electrons. The van der Waals surface area contributed by atoms with Crippen LogP contribution in [0.25, 0.3) is 0 Å². The van der Waals surface area contributed by atoms with Crippen molar-refractivity contribution in [2.75, 3.05) is 19.6 Å². The quantitative estimate of drug-likeness (QED) is 0.481. The summed E-state index contributed by atoms with van der Waals surface area (Å²) < 4.78 is 0. The van der Waals surface area contributed by atoms with Crippen molar-refractivity contribution in [3.63, 3.8) is 0 Å². The van der Waals surface area contributed by atoms with Gasteiger partial charge in [-0.1, -0.05) is 13.8 Å². The van der Waals surface area contributed by atoms with Crippen LogP contribution in [0, 0.1) is 5.41 Å². The van der Waals surface area contributed by atoms with Crippen LogP contribution in [0.3, 0.4) is 0 Å². The maximum atomic E-state index is 4.62. The fourth-order valence-corrected chi connectivity index (χ4v) is 2.29. The topological polar surface area (TPSA) is 27.6 Å². The monoisotopic (exact) mass is 351 g/mol. The molecule has 0 radical (unpaired) electrons. The first kappa shape index (κ1) is 15.1. The molecule has 0 amide bonds. The van der Waals surface area contributed by atoms with Crippen LogP contribution in [0.15, 0.2) is 4.99 Å². The molecule has 0 aromatic rings. The lowest BCUT2D eigenvalue weighted by atomic mass is 9.87. The predicted octanol–water partition coefficient (Wildman–Crippen LogP) is 2.85. The molecule has 1 N–H and O–H groups in total. The Morgan fingerprint density at radius 2 is 2.12 bits per heavy atom. The molecule has 3 nitrogen and oxygen atoms in total. The number of aliphatic imine (C=N–C) groups is 1. The third-order valence-corrected chi connectivity index (χ3v) is 3.93. The van der Waals surface area contributed by atoms with Gasteiger partial charge >= 0.3 is 0 Å². The van der Waals surface area contributed by atoms with E-state index in [2.05, 4.69) is 36.0 Å². The van der Waals surface area contributed by atoms with Gasteiger partial charge in [0.1, 0.15) is 0 Å². The number of nitrogens with zero attached hydrogens (tertiary/aromatic N) is 2. The zero-order valence-corrected chi connectivity index (χ0v) is 13.7. The highest BCUT2D eigenvalue weighted by atomic mass is 127. The second kappa shape index (κ2) is 6.25. The van der Waals surface area contributed by atoms with Gasteiger partial charge in [-0.3, -0.25) is 4.99 Å². The molecule has 1 heterocycles. The van der Waals surface area contributed by atoms with Crippen molar-refractivity contribution in [2.24, 2.45) is 10.4 Å². The molecule has 1 saturated carbocycles. The molecule has 1 unspecified atom stereocenters. The van der Waals surface area contributed by atoms with Crippen molar-refractivity contribution >= 4 is 29.9 Å². The van der Waals surface area contributed by atoms with Gasteiger partial charge in [-0.05, 0) is 38.0 Å². The zero-order chi connectivity index (χ0) is 11.6. The largest absolute Gasteiger partial charge is 0.354 e. The smallest absolute Gasteiger partial charge is 0.194 e. The van der Waals surface area contributed by atoms with Gasteiger partial charge in [-0.15, -0.1) is 24.0 Å². The maximum Gasteiger partial charge on any atom is 0.194 e. The average molecular weight is 351 g/mol. The minimum Gasteiger partial charge on any atom is -0.354 e. The molecule has 2 fully saturated rings. The fourth-order valence-electron chi connectivity index (χ4n) is 2.29. The summed E-state index contributed by atoms with van der Waals surface area (Å²) >= 11 is 0. The van der Waals surface area contributed by atoms with E-state index in [1.54, 1.807) is 0 Å². The number of halogens is 1. The second-order valence-electron chi connectivity index (χ2n) is 5.55. The molecule has 2 aliphatic rings. The van der Waals surface area contributed by atoms with Gasteiger partial charge < -0.3 is 10.2 Å². The lowest BCUT2D eigenvalue weighted by molar-refractivity contribution is 0.322. The first-order valence-corrected chi connectivity index (χ1v) is 6.73. The number of rotatable bonds is 3. The van der Waals surface area contributed by atoms with Crippen molar-refractivity contribution in [2.45, 2.75) is 52.5 Å². The highest BCUT2D eigenvalue weighted by Crippen LogP contribution is 2.33. The number of likely N-dealkylation sites (tertiary alicyclic amines) is 1. The Bertz CT molecular complexity index is 276. The van der Waals surface area contributed by atoms with E-state index in [4.69, 9.17) is 0 Å². The normalized spacial score (nSPS) is 29.1. The van der Waals surface area contributed by atoms with Gasteiger partial charge in [0, 0.05) is 25.7 Å². The first-order chi connectivity index (χ1) is 7.67. The van der Waals surface area contributed by atoms with Crippen molar-refractivity contribution in [3.8, 4) is 0 Å². The Hall–Kier alpha value is 0. The van der Waals surface area contributed by atoms with Crippen LogP contribution in [0.4, 0.5) is 0 Å². The van der Waals surface area contributed by atoms with E-state index in [-0.39, 0.29) is 24.0 Å². The highest BCUT2D eigenvalue weighted by molar-refractivity contribution is 14.0. The van der Waals surface area contributed by atoms with E-state index >= 15 is 0 Å². The molecule has 0 aromatic carbocycles. The Morgan fingerprint density at radius 3 is 2.59 bits per heavy atom. The molecule has 1 atom stereocenters. The van der Waals surface area contributed by atoms with E-state index in [1.807, 2.05) is 0 Å². The van der Waals surface area contributed by atoms with Crippen LogP contribution in [0.5, 0.6) is 0 Å². The zero-order valence-electron chi connectivity index (χ0n) is 11.3. The summed E-state index contributed by atoms with van der Waals surface area (Å²) in [7, 11) is 0. The van der Waals surface area contributed by atoms with E-state index in [1.165, 1.54) is 38.8 Å². The minimum absolute atomic E-state index is 0. The molecule has 0 aromatic heterocycles. The molecule has 1 saturated heterocycles. The summed E-state index contributed by atoms with van der Waals surface area (Å²) in [6.07, 6.45) is 5.22. The molecule has 0 bridgehead atoms. The fraction of sp³-hybridized carbons (Fsp3) is 0.923. The summed E-state index contributed by atoms with van der Waals surface area (Å²) in [6, 6.07) is 0.707. The lowest BCUT2D eigenvalue weighted by Gasteiger charge is -2.25. The highest BCUT2D eigenvalue weighted by Gasteiger charge is 2.35. The van der Waals surface area contributed by atoms with Crippen molar-refractivity contribution in [3.05, 3.63) is 0 Å². The number of hydrogen-bond acceptors (Lipinski definition) is 1. The Kier molecular flexibility index (Phi) is 5.54. The van der Waals surface area contributed by atoms with Gasteiger partial charge in [0.05, 0.1) is 0 Å². The molecule has 17 heavy (non-hydrogen) atoms.